The lowest BCUT2D eigenvalue weighted by Crippen LogP contribution is -2.21. The molecule has 2 nitrogen and oxygen atoms in total. The molecule has 1 aliphatic rings. The third-order valence-corrected chi connectivity index (χ3v) is 2.43. The van der Waals surface area contributed by atoms with Gasteiger partial charge in [0.05, 0.1) is 0 Å². The van der Waals surface area contributed by atoms with Crippen LogP contribution in [0, 0.1) is 0 Å². The van der Waals surface area contributed by atoms with Crippen LogP contribution < -0.4 is 0 Å². The van der Waals surface area contributed by atoms with Gasteiger partial charge in [0.25, 0.3) is 0 Å². The lowest BCUT2D eigenvalue weighted by Gasteiger charge is -2.13. The minimum atomic E-state index is 0.899. The van der Waals surface area contributed by atoms with Gasteiger partial charge < -0.3 is 8.69 Å². The molecule has 10 heavy (non-hydrogen) atoms. The molecule has 1 aliphatic heterocycles. The molecule has 1 fully saturated rings. The van der Waals surface area contributed by atoms with Crippen LogP contribution in [0.25, 0.3) is 0 Å². The molecule has 0 radical (unpaired) electrons. The average Bonchev–Trinajstić information content (AvgIpc) is 2.41. The first-order valence-corrected chi connectivity index (χ1v) is 4.96. The predicted octanol–water partition coefficient (Wildman–Crippen LogP) is 0.0370. The highest BCUT2D eigenvalue weighted by Gasteiger charge is 2.09. The highest BCUT2D eigenvalue weighted by atomic mass is 27.1. The van der Waals surface area contributed by atoms with Crippen molar-refractivity contribution in [2.75, 3.05) is 26.2 Å². The average molecular weight is 157 g/mol. The third-order valence-electron chi connectivity index (χ3n) is 2.02. The summed E-state index contributed by atoms with van der Waals surface area (Å²) >= 11 is 0.899. The second-order valence-corrected chi connectivity index (χ2v) is 3.47. The Hall–Kier alpha value is 0.452. The van der Waals surface area contributed by atoms with E-state index in [9.17, 15) is 0 Å². The largest absolute Gasteiger partial charge is 0.506 e. The Kier molecular flexibility index (Phi) is 4.40. The van der Waals surface area contributed by atoms with Crippen molar-refractivity contribution in [3.8, 4) is 0 Å². The van der Waals surface area contributed by atoms with E-state index in [1.54, 1.807) is 0 Å². The number of likely N-dealkylation sites (tertiary alicyclic amines) is 1. The Morgan fingerprint density at radius 2 is 2.00 bits per heavy atom. The molecule has 0 N–H and O–H groups in total. The SMILES string of the molecule is [AlH2][O]CCCN1CCCC1. The first-order chi connectivity index (χ1) is 4.93. The van der Waals surface area contributed by atoms with Crippen molar-refractivity contribution >= 4 is 16.6 Å². The quantitative estimate of drug-likeness (QED) is 0.422. The third kappa shape index (κ3) is 3.03. The van der Waals surface area contributed by atoms with Crippen LogP contribution in [0.5, 0.6) is 0 Å². The molecule has 0 aliphatic carbocycles. The van der Waals surface area contributed by atoms with E-state index in [1.165, 1.54) is 38.9 Å². The van der Waals surface area contributed by atoms with Crippen molar-refractivity contribution in [3.63, 3.8) is 0 Å². The summed E-state index contributed by atoms with van der Waals surface area (Å²) in [4.78, 5) is 2.53. The van der Waals surface area contributed by atoms with E-state index in [-0.39, 0.29) is 0 Å². The number of hydrogen-bond donors (Lipinski definition) is 0. The zero-order chi connectivity index (χ0) is 7.23. The predicted molar refractivity (Wildman–Crippen MR) is 44.8 cm³/mol. The summed E-state index contributed by atoms with van der Waals surface area (Å²) < 4.78 is 5.11. The second kappa shape index (κ2) is 5.15. The number of nitrogens with zero attached hydrogens (tertiary/aromatic N) is 1. The maximum Gasteiger partial charge on any atom is 0.410 e. The maximum absolute atomic E-state index is 5.11. The van der Waals surface area contributed by atoms with Crippen LogP contribution >= 0.6 is 0 Å². The molecule has 3 heteroatoms. The van der Waals surface area contributed by atoms with Gasteiger partial charge in [-0.2, -0.15) is 0 Å². The summed E-state index contributed by atoms with van der Waals surface area (Å²) in [6, 6.07) is 0. The monoisotopic (exact) mass is 157 g/mol. The van der Waals surface area contributed by atoms with Crippen molar-refractivity contribution in [3.05, 3.63) is 0 Å². The molecular formula is C7H16AlNO. The molecular weight excluding hydrogens is 141 g/mol. The van der Waals surface area contributed by atoms with Crippen molar-refractivity contribution in [2.45, 2.75) is 19.3 Å². The lowest BCUT2D eigenvalue weighted by molar-refractivity contribution is 0.277. The summed E-state index contributed by atoms with van der Waals surface area (Å²) in [5, 5.41) is 0. The van der Waals surface area contributed by atoms with Gasteiger partial charge in [0.2, 0.25) is 0 Å². The number of rotatable bonds is 4. The van der Waals surface area contributed by atoms with Crippen LogP contribution in [-0.4, -0.2) is 47.8 Å². The summed E-state index contributed by atoms with van der Waals surface area (Å²) in [6.07, 6.45) is 4.03. The molecule has 0 spiro atoms. The standard InChI is InChI=1S/C7H14NO.Al.2H/c9-7-3-6-8-4-1-2-5-8;;;/h1-7H2;;;/q-1;+1;;. The Morgan fingerprint density at radius 3 is 2.60 bits per heavy atom. The van der Waals surface area contributed by atoms with Crippen molar-refractivity contribution in [1.29, 1.82) is 0 Å². The summed E-state index contributed by atoms with van der Waals surface area (Å²) in [5.41, 5.74) is 0. The summed E-state index contributed by atoms with van der Waals surface area (Å²) in [7, 11) is 0. The Balaban J connectivity index is 1.91. The topological polar surface area (TPSA) is 12.5 Å². The van der Waals surface area contributed by atoms with Crippen LogP contribution in [0.1, 0.15) is 19.3 Å². The molecule has 0 bridgehead atoms. The second-order valence-electron chi connectivity index (χ2n) is 2.90. The van der Waals surface area contributed by atoms with Crippen LogP contribution in [-0.2, 0) is 3.79 Å². The van der Waals surface area contributed by atoms with Crippen LogP contribution in [0.15, 0.2) is 0 Å². The van der Waals surface area contributed by atoms with E-state index in [2.05, 4.69) is 4.90 Å². The number of hydrogen-bond acceptors (Lipinski definition) is 2. The molecule has 1 saturated heterocycles. The van der Waals surface area contributed by atoms with Gasteiger partial charge in [0, 0.05) is 13.2 Å². The van der Waals surface area contributed by atoms with E-state index in [4.69, 9.17) is 3.79 Å². The van der Waals surface area contributed by atoms with Gasteiger partial charge in [-0.15, -0.1) is 0 Å². The summed E-state index contributed by atoms with van der Waals surface area (Å²) in [5.74, 6) is 0. The molecule has 0 atom stereocenters. The molecule has 1 heterocycles. The molecule has 0 saturated carbocycles. The maximum atomic E-state index is 5.11. The Labute approximate surface area is 71.3 Å². The minimum absolute atomic E-state index is 0.899. The molecule has 0 unspecified atom stereocenters. The van der Waals surface area contributed by atoms with Crippen LogP contribution in [0.4, 0.5) is 0 Å². The fourth-order valence-corrected chi connectivity index (χ4v) is 1.73. The van der Waals surface area contributed by atoms with Gasteiger partial charge >= 0.3 is 16.6 Å². The smallest absolute Gasteiger partial charge is 0.410 e. The fourth-order valence-electron chi connectivity index (χ4n) is 1.44. The van der Waals surface area contributed by atoms with E-state index < -0.39 is 0 Å². The zero-order valence-corrected chi connectivity index (χ0v) is 8.81. The molecule has 0 aromatic heterocycles. The van der Waals surface area contributed by atoms with E-state index in [0.29, 0.717) is 0 Å². The van der Waals surface area contributed by atoms with Gasteiger partial charge in [0.15, 0.2) is 0 Å². The van der Waals surface area contributed by atoms with Crippen molar-refractivity contribution < 1.29 is 3.79 Å². The first kappa shape index (κ1) is 8.55. The van der Waals surface area contributed by atoms with Gasteiger partial charge in [-0.3, -0.25) is 0 Å². The summed E-state index contributed by atoms with van der Waals surface area (Å²) in [6.45, 7) is 4.87. The molecule has 0 amide bonds. The fraction of sp³-hybridized carbons (Fsp3) is 1.00. The van der Waals surface area contributed by atoms with Crippen LogP contribution in [0.2, 0.25) is 0 Å². The van der Waals surface area contributed by atoms with Gasteiger partial charge in [0.1, 0.15) is 0 Å². The van der Waals surface area contributed by atoms with E-state index >= 15 is 0 Å². The minimum Gasteiger partial charge on any atom is -0.506 e. The molecule has 0 aromatic rings. The molecule has 58 valence electrons. The van der Waals surface area contributed by atoms with E-state index in [1.807, 2.05) is 0 Å². The zero-order valence-electron chi connectivity index (χ0n) is 6.81. The van der Waals surface area contributed by atoms with E-state index in [0.717, 1.165) is 23.2 Å². The molecule has 1 rings (SSSR count). The first-order valence-electron chi connectivity index (χ1n) is 4.15. The Morgan fingerprint density at radius 1 is 1.30 bits per heavy atom. The highest BCUT2D eigenvalue weighted by Crippen LogP contribution is 2.06. The lowest BCUT2D eigenvalue weighted by atomic mass is 10.4. The van der Waals surface area contributed by atoms with Gasteiger partial charge in [-0.25, -0.2) is 0 Å². The van der Waals surface area contributed by atoms with Crippen LogP contribution in [0.3, 0.4) is 0 Å². The highest BCUT2D eigenvalue weighted by molar-refractivity contribution is 5.97. The van der Waals surface area contributed by atoms with Crippen molar-refractivity contribution in [1.82, 2.24) is 4.90 Å². The van der Waals surface area contributed by atoms with Gasteiger partial charge in [-0.05, 0) is 32.4 Å². The van der Waals surface area contributed by atoms with Crippen molar-refractivity contribution in [2.24, 2.45) is 0 Å². The molecule has 0 aromatic carbocycles. The normalized spacial score (nSPS) is 20.0. The van der Waals surface area contributed by atoms with Gasteiger partial charge in [-0.1, -0.05) is 0 Å². The Bertz CT molecular complexity index is 83.7.